The topological polar surface area (TPSA) is 0 Å². The van der Waals surface area contributed by atoms with E-state index < -0.39 is 0 Å². The third-order valence-corrected chi connectivity index (χ3v) is 1.98. The van der Waals surface area contributed by atoms with Crippen LogP contribution in [0.3, 0.4) is 0 Å². The Morgan fingerprint density at radius 2 is 1.21 bits per heavy atom. The van der Waals surface area contributed by atoms with E-state index in [1.165, 1.54) is 0 Å². The van der Waals surface area contributed by atoms with Crippen LogP contribution in [-0.4, -0.2) is 0 Å². The molecule has 19 heavy (non-hydrogen) atoms. The van der Waals surface area contributed by atoms with E-state index in [-0.39, 0.29) is 19.8 Å². The van der Waals surface area contributed by atoms with Crippen molar-refractivity contribution >= 4 is 0 Å². The van der Waals surface area contributed by atoms with Crippen LogP contribution >= 0.6 is 0 Å². The minimum atomic E-state index is 0. The molecule has 0 fully saturated rings. The molecule has 0 aliphatic heterocycles. The van der Waals surface area contributed by atoms with E-state index in [9.17, 15) is 0 Å². The van der Waals surface area contributed by atoms with E-state index in [1.54, 1.807) is 0 Å². The van der Waals surface area contributed by atoms with Gasteiger partial charge < -0.3 is 0 Å². The zero-order valence-corrected chi connectivity index (χ0v) is 13.3. The first kappa shape index (κ1) is 17.4. The minimum absolute atomic E-state index is 0. The summed E-state index contributed by atoms with van der Waals surface area (Å²) in [6.45, 7) is 0. The summed E-state index contributed by atoms with van der Waals surface area (Å²) in [6.07, 6.45) is 11.5. The van der Waals surface area contributed by atoms with Crippen molar-refractivity contribution in [3.8, 4) is 0 Å². The Kier molecular flexibility index (Phi) is 13.3. The van der Waals surface area contributed by atoms with Gasteiger partial charge in [-0.05, 0) is 0 Å². The van der Waals surface area contributed by atoms with Gasteiger partial charge in [0.25, 0.3) is 0 Å². The molecule has 2 aromatic rings. The molecule has 1 aliphatic rings. The first-order chi connectivity index (χ1) is 9.00. The molecule has 0 saturated carbocycles. The van der Waals surface area contributed by atoms with Crippen molar-refractivity contribution in [1.29, 1.82) is 0 Å². The minimum Gasteiger partial charge on any atom is -0.228 e. The fraction of sp³-hybridized carbons (Fsp3) is 0.0556. The van der Waals surface area contributed by atoms with Crippen LogP contribution in [0.5, 0.6) is 0 Å². The first-order valence-corrected chi connectivity index (χ1v) is 5.97. The van der Waals surface area contributed by atoms with Crippen LogP contribution in [0.15, 0.2) is 85.0 Å². The zero-order valence-electron chi connectivity index (χ0n) is 10.7. The van der Waals surface area contributed by atoms with E-state index in [4.69, 9.17) is 0 Å². The SMILES string of the molecule is C1=C[CH-]CC=C1.[Os+4].[c-]1ccccc1.[c-]1ccccc1. The summed E-state index contributed by atoms with van der Waals surface area (Å²) < 4.78 is 0. The summed E-state index contributed by atoms with van der Waals surface area (Å²) in [4.78, 5) is 0. The van der Waals surface area contributed by atoms with Crippen LogP contribution < -0.4 is 0 Å². The van der Waals surface area contributed by atoms with Crippen LogP contribution in [0.2, 0.25) is 0 Å². The molecule has 2 aromatic carbocycles. The average molecular weight is 424 g/mol. The molecular weight excluding hydrogens is 406 g/mol. The van der Waals surface area contributed by atoms with Crippen LogP contribution in [-0.2, 0) is 19.8 Å². The number of hydrogen-bond donors (Lipinski definition) is 0. The Hall–Kier alpha value is -1.57. The molecule has 96 valence electrons. The Labute approximate surface area is 129 Å². The fourth-order valence-corrected chi connectivity index (χ4v) is 1.14. The molecule has 0 spiro atoms. The maximum Gasteiger partial charge on any atom is 4.00 e. The molecule has 0 aromatic heterocycles. The molecule has 0 bridgehead atoms. The second-order valence-electron chi connectivity index (χ2n) is 3.44. The number of rotatable bonds is 0. The summed E-state index contributed by atoms with van der Waals surface area (Å²) in [5, 5.41) is 0. The van der Waals surface area contributed by atoms with Gasteiger partial charge in [-0.2, -0.15) is 72.8 Å². The summed E-state index contributed by atoms with van der Waals surface area (Å²) >= 11 is 0. The molecule has 0 atom stereocenters. The quantitative estimate of drug-likeness (QED) is 0.540. The second-order valence-corrected chi connectivity index (χ2v) is 3.44. The van der Waals surface area contributed by atoms with Gasteiger partial charge in [0.15, 0.2) is 0 Å². The maximum absolute atomic E-state index is 2.89. The molecule has 0 unspecified atom stereocenters. The van der Waals surface area contributed by atoms with Gasteiger partial charge in [0.05, 0.1) is 0 Å². The third-order valence-electron chi connectivity index (χ3n) is 1.98. The first-order valence-electron chi connectivity index (χ1n) is 5.97. The van der Waals surface area contributed by atoms with Gasteiger partial charge in [-0.15, -0.1) is 12.2 Å². The van der Waals surface area contributed by atoms with Crippen molar-refractivity contribution in [1.82, 2.24) is 0 Å². The average Bonchev–Trinajstić information content (AvgIpc) is 2.54. The van der Waals surface area contributed by atoms with Gasteiger partial charge in [-0.3, -0.25) is 0 Å². The normalized spacial score (nSPS) is 10.5. The van der Waals surface area contributed by atoms with E-state index in [1.807, 2.05) is 66.7 Å². The number of benzene rings is 2. The van der Waals surface area contributed by atoms with Crippen molar-refractivity contribution in [2.75, 3.05) is 0 Å². The van der Waals surface area contributed by atoms with Crippen molar-refractivity contribution in [3.05, 3.63) is 104 Å². The third kappa shape index (κ3) is 12.7. The van der Waals surface area contributed by atoms with Crippen molar-refractivity contribution < 1.29 is 19.8 Å². The summed E-state index contributed by atoms with van der Waals surface area (Å²) in [5.41, 5.74) is 0. The zero-order chi connectivity index (χ0) is 12.7. The molecule has 0 saturated heterocycles. The van der Waals surface area contributed by atoms with Crippen molar-refractivity contribution in [3.63, 3.8) is 0 Å². The van der Waals surface area contributed by atoms with Crippen LogP contribution in [0.4, 0.5) is 0 Å². The van der Waals surface area contributed by atoms with Gasteiger partial charge in [0.2, 0.25) is 0 Å². The molecule has 0 N–H and O–H groups in total. The Bertz CT molecular complexity index is 321. The standard InChI is InChI=1S/C6H7.2C6H5.Os/c3*1-2-4-6-5-3-1;/h1-5H,6H2;2*1-5H;/q3*-1;+4. The van der Waals surface area contributed by atoms with Gasteiger partial charge in [-0.1, -0.05) is 6.42 Å². The predicted molar refractivity (Wildman–Crippen MR) is 77.8 cm³/mol. The molecule has 1 heteroatoms. The van der Waals surface area contributed by atoms with Gasteiger partial charge in [0.1, 0.15) is 0 Å². The summed E-state index contributed by atoms with van der Waals surface area (Å²) in [7, 11) is 0. The molecule has 0 nitrogen and oxygen atoms in total. The Morgan fingerprint density at radius 1 is 0.684 bits per heavy atom. The van der Waals surface area contributed by atoms with Gasteiger partial charge >= 0.3 is 19.8 Å². The van der Waals surface area contributed by atoms with Crippen LogP contribution in [0.25, 0.3) is 0 Å². The number of hydrogen-bond acceptors (Lipinski definition) is 0. The molecular formula is C18H17Os+. The maximum atomic E-state index is 2.89. The second kappa shape index (κ2) is 14.5. The fourth-order valence-electron chi connectivity index (χ4n) is 1.14. The Morgan fingerprint density at radius 3 is 1.32 bits per heavy atom. The van der Waals surface area contributed by atoms with E-state index in [2.05, 4.69) is 36.8 Å². The van der Waals surface area contributed by atoms with Gasteiger partial charge in [0, 0.05) is 0 Å². The number of allylic oxidation sites excluding steroid dienone is 4. The molecule has 0 radical (unpaired) electrons. The van der Waals surface area contributed by atoms with Crippen LogP contribution in [0, 0.1) is 18.6 Å². The Balaban J connectivity index is 0.000000249. The molecule has 1 aliphatic carbocycles. The van der Waals surface area contributed by atoms with Crippen molar-refractivity contribution in [2.24, 2.45) is 0 Å². The van der Waals surface area contributed by atoms with E-state index in [0.717, 1.165) is 6.42 Å². The molecule has 0 amide bonds. The summed E-state index contributed by atoms with van der Waals surface area (Å²) in [5.74, 6) is 0. The summed E-state index contributed by atoms with van der Waals surface area (Å²) in [6, 6.07) is 25.0. The van der Waals surface area contributed by atoms with Gasteiger partial charge in [-0.25, -0.2) is 18.6 Å². The van der Waals surface area contributed by atoms with Crippen molar-refractivity contribution in [2.45, 2.75) is 6.42 Å². The van der Waals surface area contributed by atoms with Crippen LogP contribution in [0.1, 0.15) is 6.42 Å². The van der Waals surface area contributed by atoms with E-state index in [0.29, 0.717) is 0 Å². The molecule has 0 heterocycles. The molecule has 3 rings (SSSR count). The smallest absolute Gasteiger partial charge is 0.228 e. The van der Waals surface area contributed by atoms with E-state index >= 15 is 0 Å². The monoisotopic (exact) mass is 425 g/mol. The largest absolute Gasteiger partial charge is 4.00 e. The predicted octanol–water partition coefficient (Wildman–Crippen LogP) is 4.68.